The summed E-state index contributed by atoms with van der Waals surface area (Å²) in [6.07, 6.45) is 22.9. The first-order chi connectivity index (χ1) is 23.1. The average Bonchev–Trinajstić information content (AvgIpc) is 2.97. The van der Waals surface area contributed by atoms with Crippen LogP contribution in [-0.2, 0) is 27.9 Å². The number of hydrogen-bond acceptors (Lipinski definition) is 6. The maximum Gasteiger partial charge on any atom is 0.330 e. The molecule has 2 bridgehead atoms. The topological polar surface area (TPSA) is 63.2 Å². The Morgan fingerprint density at radius 1 is 0.920 bits per heavy atom. The summed E-state index contributed by atoms with van der Waals surface area (Å²) < 4.78 is 32.9. The lowest BCUT2D eigenvalue weighted by atomic mass is 9.91. The molecule has 0 N–H and O–H groups in total. The van der Waals surface area contributed by atoms with Gasteiger partial charge in [0.15, 0.2) is 16.6 Å². The number of esters is 1. The van der Waals surface area contributed by atoms with Crippen molar-refractivity contribution in [3.8, 4) is 0 Å². The third-order valence-electron chi connectivity index (χ3n) is 11.2. The Bertz CT molecular complexity index is 1280. The van der Waals surface area contributed by atoms with Gasteiger partial charge in [-0.05, 0) is 87.6 Å². The van der Waals surface area contributed by atoms with E-state index in [1.54, 1.807) is 6.08 Å². The number of rotatable bonds is 7. The molecule has 3 heterocycles. The molecule has 0 aromatic heterocycles. The van der Waals surface area contributed by atoms with Crippen molar-refractivity contribution in [2.75, 3.05) is 6.61 Å². The van der Waals surface area contributed by atoms with Crippen LogP contribution in [0.15, 0.2) is 72.4 Å². The first-order valence-corrected chi connectivity index (χ1v) is 24.8. The van der Waals surface area contributed by atoms with Crippen molar-refractivity contribution in [3.63, 3.8) is 0 Å². The third kappa shape index (κ3) is 13.6. The first-order valence-electron chi connectivity index (χ1n) is 19.0. The number of carbonyl (C=O) groups excluding carboxylic acids is 1. The van der Waals surface area contributed by atoms with E-state index in [1.165, 1.54) is 11.1 Å². The molecule has 6 nitrogen and oxygen atoms in total. The van der Waals surface area contributed by atoms with Gasteiger partial charge in [0, 0.05) is 12.5 Å². The van der Waals surface area contributed by atoms with Gasteiger partial charge in [0.05, 0.1) is 31.0 Å². The smallest absolute Gasteiger partial charge is 0.330 e. The Balaban J connectivity index is 2.02. The molecule has 8 heteroatoms. The molecule has 0 aliphatic carbocycles. The van der Waals surface area contributed by atoms with Crippen molar-refractivity contribution in [1.82, 2.24) is 0 Å². The van der Waals surface area contributed by atoms with Gasteiger partial charge in [-0.25, -0.2) is 4.79 Å². The summed E-state index contributed by atoms with van der Waals surface area (Å²) >= 11 is 0. The molecule has 0 aromatic rings. The van der Waals surface area contributed by atoms with Gasteiger partial charge in [-0.2, -0.15) is 0 Å². The van der Waals surface area contributed by atoms with E-state index in [0.29, 0.717) is 25.4 Å². The van der Waals surface area contributed by atoms with E-state index in [9.17, 15) is 4.79 Å². The SMILES string of the molecule is C=C1C[C@H](C)C[C@@H]2CC=C[C@@H](C/C=C\C(=O)O[C@H](C(/C=C/[C@@H]3CC(C)=CCO3)O[Si](C)(C)C(C)(C)C)C/C=C/[C@H](O[Si](C)(C)C(C)(C)C)C1)O2. The summed E-state index contributed by atoms with van der Waals surface area (Å²) in [6.45, 7) is 32.2. The molecule has 0 saturated carbocycles. The second-order valence-corrected chi connectivity index (χ2v) is 27.5. The van der Waals surface area contributed by atoms with Crippen molar-refractivity contribution in [2.45, 2.75) is 173 Å². The number of fused-ring (bicyclic) bond motifs is 2. The van der Waals surface area contributed by atoms with Gasteiger partial charge in [0.1, 0.15) is 12.2 Å². The molecule has 50 heavy (non-hydrogen) atoms. The molecule has 3 rings (SSSR count). The van der Waals surface area contributed by atoms with E-state index in [1.807, 2.05) is 6.08 Å². The van der Waals surface area contributed by atoms with Crippen LogP contribution in [0.4, 0.5) is 0 Å². The monoisotopic (exact) mass is 726 g/mol. The molecule has 3 aliphatic heterocycles. The predicted octanol–water partition coefficient (Wildman–Crippen LogP) is 11.0. The fraction of sp³-hybridized carbons (Fsp3) is 0.690. The third-order valence-corrected chi connectivity index (χ3v) is 20.1. The fourth-order valence-corrected chi connectivity index (χ4v) is 8.64. The maximum absolute atomic E-state index is 13.5. The molecule has 0 radical (unpaired) electrons. The van der Waals surface area contributed by atoms with Crippen LogP contribution in [0.3, 0.4) is 0 Å². The molecule has 0 amide bonds. The quantitative estimate of drug-likeness (QED) is 0.148. The van der Waals surface area contributed by atoms with E-state index < -0.39 is 28.8 Å². The highest BCUT2D eigenvalue weighted by Crippen LogP contribution is 2.40. The molecule has 0 aromatic carbocycles. The van der Waals surface area contributed by atoms with Crippen molar-refractivity contribution in [2.24, 2.45) is 5.92 Å². The minimum atomic E-state index is -2.27. The minimum Gasteiger partial charge on any atom is -0.456 e. The first kappa shape index (κ1) is 42.6. The standard InChI is InChI=1S/C42H70O6Si2/c1-31-25-26-44-35(28-31)23-24-39(48-50(12,13)42(7,8)9)38-21-15-20-37(47-49(10,11)41(4,5)6)30-33(3)27-32(2)29-36-19-14-17-34(45-36)18-16-22-40(43)46-38/h14-17,20,22-25,32,34-39H,3,18-19,21,26-30H2,1-2,4-13H3/b20-15+,22-16-,24-23+/t32-,34-,35+,36-,37-,38-,39?/m0/s1. The fourth-order valence-electron chi connectivity index (χ4n) is 6.10. The van der Waals surface area contributed by atoms with Gasteiger partial charge >= 0.3 is 5.97 Å². The van der Waals surface area contributed by atoms with Crippen molar-refractivity contribution < 1.29 is 27.9 Å². The molecule has 0 saturated heterocycles. The summed E-state index contributed by atoms with van der Waals surface area (Å²) in [4.78, 5) is 13.5. The highest BCUT2D eigenvalue weighted by Gasteiger charge is 2.41. The van der Waals surface area contributed by atoms with E-state index in [2.05, 4.69) is 131 Å². The van der Waals surface area contributed by atoms with Gasteiger partial charge in [-0.1, -0.05) is 115 Å². The van der Waals surface area contributed by atoms with Crippen LogP contribution in [0.2, 0.25) is 36.3 Å². The lowest BCUT2D eigenvalue weighted by Crippen LogP contribution is -2.47. The van der Waals surface area contributed by atoms with Gasteiger partial charge in [-0.15, -0.1) is 0 Å². The van der Waals surface area contributed by atoms with Crippen LogP contribution in [0.5, 0.6) is 0 Å². The second-order valence-electron chi connectivity index (χ2n) is 18.0. The molecule has 3 aliphatic rings. The lowest BCUT2D eigenvalue weighted by molar-refractivity contribution is -0.146. The average molecular weight is 727 g/mol. The Kier molecular flexibility index (Phi) is 15.6. The van der Waals surface area contributed by atoms with Crippen LogP contribution in [0.25, 0.3) is 0 Å². The van der Waals surface area contributed by atoms with Crippen LogP contribution < -0.4 is 0 Å². The molecule has 0 fully saturated rings. The van der Waals surface area contributed by atoms with E-state index in [0.717, 1.165) is 32.1 Å². The number of carbonyl (C=O) groups is 1. The van der Waals surface area contributed by atoms with E-state index in [4.69, 9.17) is 23.1 Å². The zero-order chi connectivity index (χ0) is 37.3. The van der Waals surface area contributed by atoms with Crippen LogP contribution >= 0.6 is 0 Å². The second kappa shape index (κ2) is 18.3. The van der Waals surface area contributed by atoms with E-state index in [-0.39, 0.29) is 40.5 Å². The Hall–Kier alpha value is -1.82. The van der Waals surface area contributed by atoms with Gasteiger partial charge in [0.25, 0.3) is 0 Å². The van der Waals surface area contributed by atoms with Gasteiger partial charge in [0.2, 0.25) is 0 Å². The normalized spacial score (nSPS) is 30.6. The van der Waals surface area contributed by atoms with Gasteiger partial charge < -0.3 is 23.1 Å². The zero-order valence-corrected chi connectivity index (χ0v) is 35.6. The number of cyclic esters (lactones) is 1. The van der Waals surface area contributed by atoms with Crippen molar-refractivity contribution >= 4 is 22.6 Å². The number of ether oxygens (including phenoxy) is 3. The summed E-state index contributed by atoms with van der Waals surface area (Å²) in [5.74, 6) is 0.0697. The lowest BCUT2D eigenvalue weighted by Gasteiger charge is -2.40. The Morgan fingerprint density at radius 2 is 1.60 bits per heavy atom. The summed E-state index contributed by atoms with van der Waals surface area (Å²) in [7, 11) is -4.36. The van der Waals surface area contributed by atoms with Crippen LogP contribution in [0.1, 0.15) is 100 Å². The molecular weight excluding hydrogens is 657 g/mol. The highest BCUT2D eigenvalue weighted by atomic mass is 28.4. The highest BCUT2D eigenvalue weighted by molar-refractivity contribution is 6.74. The van der Waals surface area contributed by atoms with Crippen LogP contribution in [0, 0.1) is 5.92 Å². The molecule has 0 spiro atoms. The summed E-state index contributed by atoms with van der Waals surface area (Å²) in [5, 5.41) is 0.0376. The zero-order valence-electron chi connectivity index (χ0n) is 33.6. The van der Waals surface area contributed by atoms with Crippen molar-refractivity contribution in [3.05, 3.63) is 72.4 Å². The largest absolute Gasteiger partial charge is 0.456 e. The molecule has 282 valence electrons. The maximum atomic E-state index is 13.5. The predicted molar refractivity (Wildman–Crippen MR) is 213 cm³/mol. The Labute approximate surface area is 307 Å². The summed E-state index contributed by atoms with van der Waals surface area (Å²) in [6, 6.07) is 0. The minimum absolute atomic E-state index is 0.0278. The van der Waals surface area contributed by atoms with Crippen molar-refractivity contribution in [1.29, 1.82) is 0 Å². The van der Waals surface area contributed by atoms with E-state index >= 15 is 0 Å². The molecule has 7 atom stereocenters. The summed E-state index contributed by atoms with van der Waals surface area (Å²) in [5.41, 5.74) is 2.51. The van der Waals surface area contributed by atoms with Gasteiger partial charge in [-0.3, -0.25) is 0 Å². The molecular formula is C42H70O6Si2. The van der Waals surface area contributed by atoms with Crippen LogP contribution in [-0.4, -0.2) is 65.8 Å². The Morgan fingerprint density at radius 3 is 2.26 bits per heavy atom. The molecule has 1 unspecified atom stereocenters. The number of hydrogen-bond donors (Lipinski definition) is 0.